The Kier molecular flexibility index (Phi) is 5.01. The van der Waals surface area contributed by atoms with Gasteiger partial charge in [0, 0.05) is 18.2 Å². The number of carbonyl (C=O) groups is 3. The molecule has 1 fully saturated rings. The largest absolute Gasteiger partial charge is 0.452 e. The number of fused-ring (bicyclic) bond motifs is 1. The second-order valence-corrected chi connectivity index (χ2v) is 6.61. The first-order valence-electron chi connectivity index (χ1n) is 8.54. The minimum Gasteiger partial charge on any atom is -0.452 e. The number of anilines is 1. The van der Waals surface area contributed by atoms with Crippen LogP contribution < -0.4 is 10.6 Å². The van der Waals surface area contributed by atoms with E-state index in [1.54, 1.807) is 0 Å². The summed E-state index contributed by atoms with van der Waals surface area (Å²) in [6.45, 7) is 1.51. The fraction of sp³-hybridized carbons (Fsp3) is 0.500. The van der Waals surface area contributed by atoms with Crippen LogP contribution >= 0.6 is 0 Å². The zero-order valence-electron chi connectivity index (χ0n) is 14.0. The fourth-order valence-electron chi connectivity index (χ4n) is 3.35. The lowest BCUT2D eigenvalue weighted by atomic mass is 9.90. The second-order valence-electron chi connectivity index (χ2n) is 6.61. The van der Waals surface area contributed by atoms with Crippen molar-refractivity contribution in [3.8, 4) is 0 Å². The normalized spacial score (nSPS) is 21.2. The predicted molar refractivity (Wildman–Crippen MR) is 88.3 cm³/mol. The molecule has 1 aromatic rings. The van der Waals surface area contributed by atoms with Gasteiger partial charge in [0.25, 0.3) is 5.91 Å². The second kappa shape index (κ2) is 7.21. The Morgan fingerprint density at radius 2 is 2.04 bits per heavy atom. The number of halogens is 1. The summed E-state index contributed by atoms with van der Waals surface area (Å²) in [5, 5.41) is 5.42. The van der Waals surface area contributed by atoms with Gasteiger partial charge in [-0.15, -0.1) is 0 Å². The van der Waals surface area contributed by atoms with E-state index in [0.29, 0.717) is 5.56 Å². The number of hydrogen-bond acceptors (Lipinski definition) is 4. The van der Waals surface area contributed by atoms with Gasteiger partial charge >= 0.3 is 5.97 Å². The van der Waals surface area contributed by atoms with Crippen LogP contribution in [-0.2, 0) is 19.1 Å². The highest BCUT2D eigenvalue weighted by molar-refractivity contribution is 6.00. The molecule has 25 heavy (non-hydrogen) atoms. The molecule has 0 aromatic heterocycles. The zero-order chi connectivity index (χ0) is 18.0. The summed E-state index contributed by atoms with van der Waals surface area (Å²) in [6.07, 6.45) is 3.02. The van der Waals surface area contributed by atoms with Crippen molar-refractivity contribution in [2.24, 2.45) is 0 Å². The van der Waals surface area contributed by atoms with Crippen molar-refractivity contribution in [1.29, 1.82) is 0 Å². The molecule has 0 bridgehead atoms. The number of amides is 2. The first kappa shape index (κ1) is 17.4. The van der Waals surface area contributed by atoms with Crippen LogP contribution in [0.1, 0.15) is 50.5 Å². The first-order chi connectivity index (χ1) is 11.9. The summed E-state index contributed by atoms with van der Waals surface area (Å²) in [5.41, 5.74) is 0.760. The van der Waals surface area contributed by atoms with Crippen LogP contribution in [0.5, 0.6) is 0 Å². The Morgan fingerprint density at radius 1 is 1.32 bits per heavy atom. The Balaban J connectivity index is 1.66. The number of rotatable bonds is 4. The van der Waals surface area contributed by atoms with E-state index in [1.165, 1.54) is 25.1 Å². The average Bonchev–Trinajstić information content (AvgIpc) is 3.06. The average molecular weight is 348 g/mol. The van der Waals surface area contributed by atoms with Crippen LogP contribution in [-0.4, -0.2) is 29.9 Å². The van der Waals surface area contributed by atoms with Crippen LogP contribution in [0, 0.1) is 5.82 Å². The molecule has 2 N–H and O–H groups in total. The van der Waals surface area contributed by atoms with Gasteiger partial charge < -0.3 is 15.4 Å². The maximum atomic E-state index is 13.3. The quantitative estimate of drug-likeness (QED) is 0.818. The number of nitrogens with one attached hydrogen (secondary N) is 2. The van der Waals surface area contributed by atoms with E-state index in [0.717, 1.165) is 25.7 Å². The van der Waals surface area contributed by atoms with Crippen molar-refractivity contribution in [2.75, 3.05) is 5.32 Å². The maximum absolute atomic E-state index is 13.3. The van der Waals surface area contributed by atoms with E-state index < -0.39 is 23.8 Å². The Hall–Kier alpha value is -2.44. The van der Waals surface area contributed by atoms with Gasteiger partial charge in [0.2, 0.25) is 5.91 Å². The van der Waals surface area contributed by atoms with Crippen molar-refractivity contribution in [3.63, 3.8) is 0 Å². The summed E-state index contributed by atoms with van der Waals surface area (Å²) < 4.78 is 18.6. The summed E-state index contributed by atoms with van der Waals surface area (Å²) in [4.78, 5) is 36.4. The van der Waals surface area contributed by atoms with Gasteiger partial charge in [0.15, 0.2) is 6.10 Å². The van der Waals surface area contributed by atoms with E-state index in [1.807, 2.05) is 0 Å². The highest BCUT2D eigenvalue weighted by Crippen LogP contribution is 2.33. The highest BCUT2D eigenvalue weighted by Gasteiger charge is 2.34. The van der Waals surface area contributed by atoms with Crippen LogP contribution in [0.2, 0.25) is 0 Å². The van der Waals surface area contributed by atoms with Gasteiger partial charge in [0.05, 0.1) is 5.92 Å². The van der Waals surface area contributed by atoms with E-state index in [4.69, 9.17) is 4.74 Å². The Morgan fingerprint density at radius 3 is 2.76 bits per heavy atom. The molecule has 1 aromatic carbocycles. The van der Waals surface area contributed by atoms with Crippen molar-refractivity contribution in [3.05, 3.63) is 29.6 Å². The maximum Gasteiger partial charge on any atom is 0.314 e. The van der Waals surface area contributed by atoms with E-state index >= 15 is 0 Å². The topological polar surface area (TPSA) is 84.5 Å². The number of hydrogen-bond donors (Lipinski definition) is 2. The third-order valence-electron chi connectivity index (χ3n) is 4.70. The molecule has 2 amide bonds. The molecule has 1 aliphatic carbocycles. The van der Waals surface area contributed by atoms with Gasteiger partial charge in [-0.3, -0.25) is 14.4 Å². The molecule has 1 saturated carbocycles. The smallest absolute Gasteiger partial charge is 0.314 e. The monoisotopic (exact) mass is 348 g/mol. The summed E-state index contributed by atoms with van der Waals surface area (Å²) in [7, 11) is 0. The molecular formula is C18H21FN2O4. The fourth-order valence-corrected chi connectivity index (χ4v) is 3.35. The van der Waals surface area contributed by atoms with E-state index in [-0.39, 0.29) is 30.0 Å². The molecule has 134 valence electrons. The van der Waals surface area contributed by atoms with Gasteiger partial charge in [-0.2, -0.15) is 0 Å². The Bertz CT molecular complexity index is 700. The van der Waals surface area contributed by atoms with Gasteiger partial charge in [-0.1, -0.05) is 18.9 Å². The minimum atomic E-state index is -0.943. The van der Waals surface area contributed by atoms with Gasteiger partial charge in [0.1, 0.15) is 5.82 Å². The van der Waals surface area contributed by atoms with Gasteiger partial charge in [-0.25, -0.2) is 4.39 Å². The lowest BCUT2D eigenvalue weighted by Crippen LogP contribution is -2.41. The predicted octanol–water partition coefficient (Wildman–Crippen LogP) is 2.24. The number of benzene rings is 1. The Labute approximate surface area is 145 Å². The standard InChI is InChI=1S/C18H21FN2O4/c1-10(17(23)20-12-4-2-3-5-12)25-18(24)14-9-16(22)21-15-8-11(19)6-7-13(14)15/h6-8,10,12,14H,2-5,9H2,1H3,(H,20,23)(H,21,22)/t10-,14+/m1/s1. The first-order valence-corrected chi connectivity index (χ1v) is 8.54. The molecule has 2 aliphatic rings. The van der Waals surface area contributed by atoms with Crippen LogP contribution in [0.4, 0.5) is 10.1 Å². The van der Waals surface area contributed by atoms with Gasteiger partial charge in [-0.05, 0) is 37.5 Å². The van der Waals surface area contributed by atoms with E-state index in [2.05, 4.69) is 10.6 Å². The summed E-state index contributed by atoms with van der Waals surface area (Å²) in [6, 6.07) is 3.99. The molecule has 0 radical (unpaired) electrons. The molecule has 7 heteroatoms. The zero-order valence-corrected chi connectivity index (χ0v) is 14.0. The lowest BCUT2D eigenvalue weighted by Gasteiger charge is -2.25. The van der Waals surface area contributed by atoms with Crippen molar-refractivity contribution < 1.29 is 23.5 Å². The number of esters is 1. The third-order valence-corrected chi connectivity index (χ3v) is 4.70. The van der Waals surface area contributed by atoms with Crippen molar-refractivity contribution >= 4 is 23.5 Å². The van der Waals surface area contributed by atoms with Crippen molar-refractivity contribution in [2.45, 2.75) is 57.1 Å². The SMILES string of the molecule is C[C@@H](OC(=O)[C@H]1CC(=O)Nc2cc(F)ccc21)C(=O)NC1CCCC1. The molecular weight excluding hydrogens is 327 g/mol. The van der Waals surface area contributed by atoms with Crippen LogP contribution in [0.25, 0.3) is 0 Å². The van der Waals surface area contributed by atoms with Crippen LogP contribution in [0.3, 0.4) is 0 Å². The van der Waals surface area contributed by atoms with Crippen molar-refractivity contribution in [1.82, 2.24) is 5.32 Å². The van der Waals surface area contributed by atoms with E-state index in [9.17, 15) is 18.8 Å². The molecule has 0 saturated heterocycles. The third kappa shape index (κ3) is 3.97. The molecule has 1 aliphatic heterocycles. The molecule has 0 spiro atoms. The minimum absolute atomic E-state index is 0.0889. The van der Waals surface area contributed by atoms with Crippen LogP contribution in [0.15, 0.2) is 18.2 Å². The lowest BCUT2D eigenvalue weighted by molar-refractivity contribution is -0.157. The summed E-state index contributed by atoms with van der Waals surface area (Å²) >= 11 is 0. The molecule has 0 unspecified atom stereocenters. The summed E-state index contributed by atoms with van der Waals surface area (Å²) in [5.74, 6) is -2.72. The molecule has 1 heterocycles. The molecule has 6 nitrogen and oxygen atoms in total. The molecule has 3 rings (SSSR count). The number of ether oxygens (including phenoxy) is 1. The number of carbonyl (C=O) groups excluding carboxylic acids is 3. The molecule has 2 atom stereocenters. The highest BCUT2D eigenvalue weighted by atomic mass is 19.1.